The van der Waals surface area contributed by atoms with Gasteiger partial charge in [0.1, 0.15) is 6.54 Å². The smallest absolute Gasteiger partial charge is 0.408 e. The summed E-state index contributed by atoms with van der Waals surface area (Å²) < 4.78 is 33.5. The van der Waals surface area contributed by atoms with Crippen LogP contribution in [0.5, 0.6) is 0 Å². The topological polar surface area (TPSA) is 92.8 Å². The number of carbonyl (C=O) groups is 1. The van der Waals surface area contributed by atoms with E-state index in [1.54, 1.807) is 11.0 Å². The maximum Gasteiger partial charge on any atom is 0.420 e. The second kappa shape index (κ2) is 7.71. The van der Waals surface area contributed by atoms with Gasteiger partial charge in [0, 0.05) is 32.2 Å². The first kappa shape index (κ1) is 19.2. The molecule has 28 heavy (non-hydrogen) atoms. The van der Waals surface area contributed by atoms with E-state index in [0.717, 1.165) is 38.5 Å². The summed E-state index contributed by atoms with van der Waals surface area (Å²) in [6.45, 7) is 2.35. The standard InChI is InChI=1S/C19H25N3O5S/c23-18(20-9-3-1-2-4-10-20)14-22-16-8-7-15(13-17(16)27-19(22)24)28(25,26)21-11-5-6-12-21/h7-8,13H,1-6,9-12,14H2. The molecule has 2 saturated heterocycles. The average molecular weight is 407 g/mol. The molecule has 1 amide bonds. The number of aromatic nitrogens is 1. The minimum atomic E-state index is -3.59. The summed E-state index contributed by atoms with van der Waals surface area (Å²) in [6.07, 6.45) is 5.89. The van der Waals surface area contributed by atoms with Crippen LogP contribution in [0.15, 0.2) is 32.3 Å². The van der Waals surface area contributed by atoms with Gasteiger partial charge < -0.3 is 9.32 Å². The molecule has 8 nitrogen and oxygen atoms in total. The van der Waals surface area contributed by atoms with Gasteiger partial charge in [0.15, 0.2) is 5.58 Å². The summed E-state index contributed by atoms with van der Waals surface area (Å²) >= 11 is 0. The molecule has 2 fully saturated rings. The number of rotatable bonds is 4. The summed E-state index contributed by atoms with van der Waals surface area (Å²) in [4.78, 5) is 26.9. The van der Waals surface area contributed by atoms with Crippen molar-refractivity contribution < 1.29 is 17.6 Å². The van der Waals surface area contributed by atoms with E-state index in [-0.39, 0.29) is 22.9 Å². The van der Waals surface area contributed by atoms with Crippen LogP contribution < -0.4 is 5.76 Å². The maximum absolute atomic E-state index is 12.7. The van der Waals surface area contributed by atoms with Crippen LogP contribution in [0.3, 0.4) is 0 Å². The van der Waals surface area contributed by atoms with Crippen molar-refractivity contribution >= 4 is 27.0 Å². The second-order valence-electron chi connectivity index (χ2n) is 7.49. The zero-order valence-corrected chi connectivity index (χ0v) is 16.6. The van der Waals surface area contributed by atoms with Gasteiger partial charge in [0.2, 0.25) is 15.9 Å². The number of carbonyl (C=O) groups excluding carboxylic acids is 1. The van der Waals surface area contributed by atoms with Gasteiger partial charge in [-0.25, -0.2) is 13.2 Å². The molecule has 0 spiro atoms. The highest BCUT2D eigenvalue weighted by molar-refractivity contribution is 7.89. The number of likely N-dealkylation sites (tertiary alicyclic amines) is 1. The average Bonchev–Trinajstić information content (AvgIpc) is 3.22. The Morgan fingerprint density at radius 1 is 0.964 bits per heavy atom. The van der Waals surface area contributed by atoms with Crippen molar-refractivity contribution in [1.29, 1.82) is 0 Å². The third-order valence-electron chi connectivity index (χ3n) is 5.59. The molecule has 9 heteroatoms. The molecule has 0 saturated carbocycles. The molecule has 0 atom stereocenters. The summed E-state index contributed by atoms with van der Waals surface area (Å²) in [7, 11) is -3.59. The lowest BCUT2D eigenvalue weighted by atomic mass is 10.2. The highest BCUT2D eigenvalue weighted by Gasteiger charge is 2.28. The minimum Gasteiger partial charge on any atom is -0.408 e. The Labute approximate surface area is 163 Å². The van der Waals surface area contributed by atoms with Crippen LogP contribution in [0.2, 0.25) is 0 Å². The third-order valence-corrected chi connectivity index (χ3v) is 7.49. The fourth-order valence-electron chi connectivity index (χ4n) is 3.99. The predicted molar refractivity (Wildman–Crippen MR) is 104 cm³/mol. The molecule has 0 unspecified atom stereocenters. The lowest BCUT2D eigenvalue weighted by Crippen LogP contribution is -2.36. The van der Waals surface area contributed by atoms with Crippen LogP contribution in [0, 0.1) is 0 Å². The number of hydrogen-bond donors (Lipinski definition) is 0. The van der Waals surface area contributed by atoms with Crippen LogP contribution >= 0.6 is 0 Å². The maximum atomic E-state index is 12.7. The van der Waals surface area contributed by atoms with Gasteiger partial charge in [-0.05, 0) is 37.8 Å². The molecule has 1 aromatic carbocycles. The van der Waals surface area contributed by atoms with Gasteiger partial charge in [0.05, 0.1) is 10.4 Å². The molecule has 152 valence electrons. The summed E-state index contributed by atoms with van der Waals surface area (Å²) in [5.41, 5.74) is 0.627. The van der Waals surface area contributed by atoms with Gasteiger partial charge in [-0.3, -0.25) is 9.36 Å². The molecule has 0 radical (unpaired) electrons. The Bertz CT molecular complexity index is 1030. The number of hydrogen-bond acceptors (Lipinski definition) is 5. The molecule has 2 aliphatic rings. The minimum absolute atomic E-state index is 0.0932. The quantitative estimate of drug-likeness (QED) is 0.770. The molecule has 2 aromatic rings. The van der Waals surface area contributed by atoms with Crippen molar-refractivity contribution in [2.75, 3.05) is 26.2 Å². The lowest BCUT2D eigenvalue weighted by molar-refractivity contribution is -0.131. The summed E-state index contributed by atoms with van der Waals surface area (Å²) in [6, 6.07) is 4.42. The molecular weight excluding hydrogens is 382 g/mol. The number of sulfonamides is 1. The Balaban J connectivity index is 1.61. The zero-order valence-electron chi connectivity index (χ0n) is 15.8. The summed E-state index contributed by atoms with van der Waals surface area (Å²) in [5, 5.41) is 0. The predicted octanol–water partition coefficient (Wildman–Crippen LogP) is 1.78. The van der Waals surface area contributed by atoms with E-state index < -0.39 is 15.8 Å². The van der Waals surface area contributed by atoms with Gasteiger partial charge in [0.25, 0.3) is 0 Å². The highest BCUT2D eigenvalue weighted by Crippen LogP contribution is 2.24. The Kier molecular flexibility index (Phi) is 5.29. The summed E-state index contributed by atoms with van der Waals surface area (Å²) in [5.74, 6) is -0.755. The van der Waals surface area contributed by atoms with Crippen LogP contribution in [-0.4, -0.2) is 54.3 Å². The van der Waals surface area contributed by atoms with Crippen LogP contribution in [0.4, 0.5) is 0 Å². The van der Waals surface area contributed by atoms with Crippen molar-refractivity contribution in [2.24, 2.45) is 0 Å². The molecule has 2 aliphatic heterocycles. The number of oxazole rings is 1. The van der Waals surface area contributed by atoms with Gasteiger partial charge in [-0.2, -0.15) is 4.31 Å². The molecule has 0 aliphatic carbocycles. The number of nitrogens with zero attached hydrogens (tertiary/aromatic N) is 3. The van der Waals surface area contributed by atoms with Crippen molar-refractivity contribution in [3.05, 3.63) is 28.7 Å². The molecule has 0 bridgehead atoms. The number of amides is 1. The lowest BCUT2D eigenvalue weighted by Gasteiger charge is -2.20. The van der Waals surface area contributed by atoms with Gasteiger partial charge in [-0.15, -0.1) is 0 Å². The fourth-order valence-corrected chi connectivity index (χ4v) is 5.52. The zero-order chi connectivity index (χ0) is 19.7. The first-order chi connectivity index (χ1) is 13.5. The molecule has 3 heterocycles. The van der Waals surface area contributed by atoms with Crippen molar-refractivity contribution in [1.82, 2.24) is 13.8 Å². The van der Waals surface area contributed by atoms with Crippen LogP contribution in [-0.2, 0) is 21.4 Å². The number of benzene rings is 1. The Hall–Kier alpha value is -2.13. The van der Waals surface area contributed by atoms with E-state index in [0.29, 0.717) is 31.7 Å². The normalized spacial score (nSPS) is 19.2. The molecule has 1 aromatic heterocycles. The molecule has 0 N–H and O–H groups in total. The number of fused-ring (bicyclic) bond motifs is 1. The van der Waals surface area contributed by atoms with Crippen LogP contribution in [0.1, 0.15) is 38.5 Å². The van der Waals surface area contributed by atoms with Crippen molar-refractivity contribution in [2.45, 2.75) is 50.0 Å². The van der Waals surface area contributed by atoms with E-state index >= 15 is 0 Å². The Morgan fingerprint density at radius 3 is 2.29 bits per heavy atom. The van der Waals surface area contributed by atoms with Crippen molar-refractivity contribution in [3.63, 3.8) is 0 Å². The third kappa shape index (κ3) is 3.60. The van der Waals surface area contributed by atoms with E-state index in [1.807, 2.05) is 0 Å². The van der Waals surface area contributed by atoms with Crippen LogP contribution in [0.25, 0.3) is 11.1 Å². The monoisotopic (exact) mass is 407 g/mol. The SMILES string of the molecule is O=C(Cn1c(=O)oc2cc(S(=O)(=O)N3CCCC3)ccc21)N1CCCCCC1. The van der Waals surface area contributed by atoms with E-state index in [9.17, 15) is 18.0 Å². The van der Waals surface area contributed by atoms with Gasteiger partial charge >= 0.3 is 5.76 Å². The van der Waals surface area contributed by atoms with E-state index in [2.05, 4.69) is 0 Å². The van der Waals surface area contributed by atoms with E-state index in [4.69, 9.17) is 4.42 Å². The Morgan fingerprint density at radius 2 is 1.61 bits per heavy atom. The molecule has 4 rings (SSSR count). The largest absolute Gasteiger partial charge is 0.420 e. The first-order valence-electron chi connectivity index (χ1n) is 9.88. The van der Waals surface area contributed by atoms with Crippen molar-refractivity contribution in [3.8, 4) is 0 Å². The second-order valence-corrected chi connectivity index (χ2v) is 9.43. The molecular formula is C19H25N3O5S. The fraction of sp³-hybridized carbons (Fsp3) is 0.579. The van der Waals surface area contributed by atoms with Gasteiger partial charge in [-0.1, -0.05) is 12.8 Å². The first-order valence-corrected chi connectivity index (χ1v) is 11.3. The highest BCUT2D eigenvalue weighted by atomic mass is 32.2. The van der Waals surface area contributed by atoms with E-state index in [1.165, 1.54) is 21.0 Å².